The first-order valence-electron chi connectivity index (χ1n) is 5.98. The zero-order chi connectivity index (χ0) is 12.7. The first-order chi connectivity index (χ1) is 8.19. The fraction of sp³-hybridized carbons (Fsp3) is 0.500. The van der Waals surface area contributed by atoms with Gasteiger partial charge in [-0.05, 0) is 36.6 Å². The number of hydrogen-bond donors (Lipinski definition) is 0. The molecule has 3 nitrogen and oxygen atoms in total. The molecule has 1 aromatic rings. The normalized spacial score (nSPS) is 10.6. The van der Waals surface area contributed by atoms with Crippen molar-refractivity contribution >= 4 is 6.29 Å². The van der Waals surface area contributed by atoms with Crippen molar-refractivity contribution in [3.8, 4) is 5.75 Å². The summed E-state index contributed by atoms with van der Waals surface area (Å²) in [6.45, 7) is 7.94. The van der Waals surface area contributed by atoms with Crippen molar-refractivity contribution in [3.05, 3.63) is 29.3 Å². The van der Waals surface area contributed by atoms with E-state index in [1.165, 1.54) is 0 Å². The summed E-state index contributed by atoms with van der Waals surface area (Å²) in [5.41, 5.74) is 1.75. The molecule has 0 atom stereocenters. The van der Waals surface area contributed by atoms with Crippen molar-refractivity contribution in [2.75, 3.05) is 19.8 Å². The van der Waals surface area contributed by atoms with Gasteiger partial charge in [0.2, 0.25) is 0 Å². The first-order valence-corrected chi connectivity index (χ1v) is 5.98. The highest BCUT2D eigenvalue weighted by Gasteiger charge is 2.08. The third-order valence-electron chi connectivity index (χ3n) is 2.48. The lowest BCUT2D eigenvalue weighted by atomic mass is 10.00. The number of ether oxygens (including phenoxy) is 2. The molecule has 0 spiro atoms. The minimum Gasteiger partial charge on any atom is -0.491 e. The van der Waals surface area contributed by atoms with Gasteiger partial charge in [0.1, 0.15) is 18.6 Å². The standard InChI is InChI=1S/C14H20O3/c1-4-16-7-8-17-14-6-5-12(10-15)9-13(14)11(2)3/h5-6,9-11H,4,7-8H2,1-3H3. The number of rotatable bonds is 7. The summed E-state index contributed by atoms with van der Waals surface area (Å²) in [4.78, 5) is 10.7. The molecule has 0 N–H and O–H groups in total. The van der Waals surface area contributed by atoms with Crippen LogP contribution in [0.4, 0.5) is 0 Å². The Bertz CT molecular complexity index is 358. The number of aldehydes is 1. The third kappa shape index (κ3) is 4.19. The Labute approximate surface area is 103 Å². The molecule has 0 radical (unpaired) electrons. The van der Waals surface area contributed by atoms with Gasteiger partial charge < -0.3 is 9.47 Å². The Hall–Kier alpha value is -1.35. The van der Waals surface area contributed by atoms with Crippen molar-refractivity contribution in [1.82, 2.24) is 0 Å². The highest BCUT2D eigenvalue weighted by molar-refractivity contribution is 5.75. The molecule has 0 aliphatic heterocycles. The molecule has 3 heteroatoms. The highest BCUT2D eigenvalue weighted by Crippen LogP contribution is 2.27. The van der Waals surface area contributed by atoms with Gasteiger partial charge in [0.25, 0.3) is 0 Å². The van der Waals surface area contributed by atoms with Gasteiger partial charge in [0, 0.05) is 12.2 Å². The molecule has 0 saturated heterocycles. The van der Waals surface area contributed by atoms with E-state index in [2.05, 4.69) is 13.8 Å². The molecule has 1 aromatic carbocycles. The maximum Gasteiger partial charge on any atom is 0.150 e. The average molecular weight is 236 g/mol. The summed E-state index contributed by atoms with van der Waals surface area (Å²) < 4.78 is 10.9. The van der Waals surface area contributed by atoms with Gasteiger partial charge in [0.15, 0.2) is 0 Å². The Morgan fingerprint density at radius 1 is 1.29 bits per heavy atom. The highest BCUT2D eigenvalue weighted by atomic mass is 16.5. The number of hydrogen-bond acceptors (Lipinski definition) is 3. The maximum atomic E-state index is 10.7. The molecular formula is C14H20O3. The van der Waals surface area contributed by atoms with E-state index >= 15 is 0 Å². The van der Waals surface area contributed by atoms with Crippen LogP contribution in [0, 0.1) is 0 Å². The number of carbonyl (C=O) groups is 1. The van der Waals surface area contributed by atoms with Crippen LogP contribution < -0.4 is 4.74 Å². The second-order valence-corrected chi connectivity index (χ2v) is 4.12. The SMILES string of the molecule is CCOCCOc1ccc(C=O)cc1C(C)C. The van der Waals surface area contributed by atoms with E-state index in [0.717, 1.165) is 17.6 Å². The fourth-order valence-corrected chi connectivity index (χ4v) is 1.58. The van der Waals surface area contributed by atoms with Crippen LogP contribution in [0.25, 0.3) is 0 Å². The van der Waals surface area contributed by atoms with Gasteiger partial charge in [-0.25, -0.2) is 0 Å². The van der Waals surface area contributed by atoms with Gasteiger partial charge in [0.05, 0.1) is 6.61 Å². The predicted molar refractivity (Wildman–Crippen MR) is 67.9 cm³/mol. The van der Waals surface area contributed by atoms with Gasteiger partial charge in [-0.15, -0.1) is 0 Å². The van der Waals surface area contributed by atoms with Crippen molar-refractivity contribution in [1.29, 1.82) is 0 Å². The van der Waals surface area contributed by atoms with Crippen LogP contribution in [0.3, 0.4) is 0 Å². The molecule has 0 saturated carbocycles. The first kappa shape index (κ1) is 13.7. The Kier molecular flexibility index (Phi) is 5.70. The van der Waals surface area contributed by atoms with E-state index in [1.807, 2.05) is 19.1 Å². The summed E-state index contributed by atoms with van der Waals surface area (Å²) in [6.07, 6.45) is 0.857. The van der Waals surface area contributed by atoms with Gasteiger partial charge in [-0.2, -0.15) is 0 Å². The molecule has 94 valence electrons. The summed E-state index contributed by atoms with van der Waals surface area (Å²) >= 11 is 0. The van der Waals surface area contributed by atoms with Crippen LogP contribution in [0.1, 0.15) is 42.6 Å². The molecule has 0 unspecified atom stereocenters. The Morgan fingerprint density at radius 2 is 2.06 bits per heavy atom. The number of carbonyl (C=O) groups excluding carboxylic acids is 1. The van der Waals surface area contributed by atoms with Crippen molar-refractivity contribution < 1.29 is 14.3 Å². The lowest BCUT2D eigenvalue weighted by molar-refractivity contribution is 0.109. The quantitative estimate of drug-likeness (QED) is 0.539. The molecule has 0 heterocycles. The van der Waals surface area contributed by atoms with Crippen LogP contribution in [0.2, 0.25) is 0 Å². The van der Waals surface area contributed by atoms with Crippen LogP contribution >= 0.6 is 0 Å². The van der Waals surface area contributed by atoms with Crippen molar-refractivity contribution in [2.24, 2.45) is 0 Å². The van der Waals surface area contributed by atoms with E-state index in [9.17, 15) is 4.79 Å². The second-order valence-electron chi connectivity index (χ2n) is 4.12. The zero-order valence-electron chi connectivity index (χ0n) is 10.7. The lowest BCUT2D eigenvalue weighted by Gasteiger charge is -2.14. The maximum absolute atomic E-state index is 10.7. The zero-order valence-corrected chi connectivity index (χ0v) is 10.7. The largest absolute Gasteiger partial charge is 0.491 e. The molecule has 0 amide bonds. The minimum absolute atomic E-state index is 0.331. The molecule has 0 fully saturated rings. The Morgan fingerprint density at radius 3 is 2.65 bits per heavy atom. The van der Waals surface area contributed by atoms with E-state index in [1.54, 1.807) is 6.07 Å². The lowest BCUT2D eigenvalue weighted by Crippen LogP contribution is -2.08. The summed E-state index contributed by atoms with van der Waals surface area (Å²) in [5.74, 6) is 1.17. The fourth-order valence-electron chi connectivity index (χ4n) is 1.58. The minimum atomic E-state index is 0.331. The topological polar surface area (TPSA) is 35.5 Å². The molecule has 17 heavy (non-hydrogen) atoms. The smallest absolute Gasteiger partial charge is 0.150 e. The molecule has 0 aromatic heterocycles. The Balaban J connectivity index is 2.72. The number of benzene rings is 1. The van der Waals surface area contributed by atoms with Crippen molar-refractivity contribution in [2.45, 2.75) is 26.7 Å². The molecule has 1 rings (SSSR count). The van der Waals surface area contributed by atoms with Gasteiger partial charge in [-0.1, -0.05) is 13.8 Å². The van der Waals surface area contributed by atoms with Crippen LogP contribution in [-0.2, 0) is 4.74 Å². The predicted octanol–water partition coefficient (Wildman–Crippen LogP) is 3.04. The van der Waals surface area contributed by atoms with Gasteiger partial charge in [-0.3, -0.25) is 4.79 Å². The molecule has 0 aliphatic rings. The van der Waals surface area contributed by atoms with E-state index < -0.39 is 0 Å². The molecule has 0 aliphatic carbocycles. The van der Waals surface area contributed by atoms with E-state index in [0.29, 0.717) is 31.3 Å². The van der Waals surface area contributed by atoms with Crippen LogP contribution in [-0.4, -0.2) is 26.1 Å². The average Bonchev–Trinajstić information content (AvgIpc) is 2.34. The summed E-state index contributed by atoms with van der Waals surface area (Å²) in [7, 11) is 0. The third-order valence-corrected chi connectivity index (χ3v) is 2.48. The van der Waals surface area contributed by atoms with Gasteiger partial charge >= 0.3 is 0 Å². The monoisotopic (exact) mass is 236 g/mol. The van der Waals surface area contributed by atoms with Crippen LogP contribution in [0.5, 0.6) is 5.75 Å². The summed E-state index contributed by atoms with van der Waals surface area (Å²) in [5, 5.41) is 0. The van der Waals surface area contributed by atoms with E-state index in [4.69, 9.17) is 9.47 Å². The molecular weight excluding hydrogens is 216 g/mol. The molecule has 0 bridgehead atoms. The second kappa shape index (κ2) is 7.07. The van der Waals surface area contributed by atoms with Crippen molar-refractivity contribution in [3.63, 3.8) is 0 Å². The van der Waals surface area contributed by atoms with E-state index in [-0.39, 0.29) is 0 Å². The van der Waals surface area contributed by atoms with Crippen LogP contribution in [0.15, 0.2) is 18.2 Å². The summed E-state index contributed by atoms with van der Waals surface area (Å²) in [6, 6.07) is 5.51.